The van der Waals surface area contributed by atoms with Crippen molar-refractivity contribution in [3.05, 3.63) is 60.4 Å². The molecule has 0 aromatic heterocycles. The van der Waals surface area contributed by atoms with Gasteiger partial charge in [-0.2, -0.15) is 0 Å². The first-order valence-electron chi connectivity index (χ1n) is 7.50. The minimum absolute atomic E-state index is 0.236. The largest absolute Gasteiger partial charge is 0.319 e. The molecule has 0 aromatic rings. The fraction of sp³-hybridized carbons (Fsp3) is 0.421. The van der Waals surface area contributed by atoms with Crippen molar-refractivity contribution in [1.82, 2.24) is 0 Å². The quantitative estimate of drug-likeness (QED) is 0.745. The summed E-state index contributed by atoms with van der Waals surface area (Å²) in [7, 11) is 0. The maximum absolute atomic E-state index is 6.39. The Kier molecular flexibility index (Phi) is 6.57. The van der Waals surface area contributed by atoms with Gasteiger partial charge in [0.1, 0.15) is 0 Å². The molecule has 0 fully saturated rings. The summed E-state index contributed by atoms with van der Waals surface area (Å²) in [4.78, 5) is 4.29. The fourth-order valence-electron chi connectivity index (χ4n) is 2.64. The van der Waals surface area contributed by atoms with Crippen molar-refractivity contribution in [3.8, 4) is 0 Å². The number of nitrogens with two attached hydrogens (primary N) is 1. The molecule has 0 heterocycles. The Hall–Kier alpha value is -1.67. The Morgan fingerprint density at radius 3 is 2.81 bits per heavy atom. The lowest BCUT2D eigenvalue weighted by Gasteiger charge is -2.23. The van der Waals surface area contributed by atoms with Crippen LogP contribution < -0.4 is 5.73 Å². The highest BCUT2D eigenvalue weighted by Gasteiger charge is 2.19. The molecule has 0 spiro atoms. The zero-order chi connectivity index (χ0) is 15.9. The Labute approximate surface area is 129 Å². The second kappa shape index (κ2) is 7.94. The summed E-state index contributed by atoms with van der Waals surface area (Å²) in [5.74, 6) is 0. The molecule has 0 saturated carbocycles. The highest BCUT2D eigenvalue weighted by Crippen LogP contribution is 2.31. The summed E-state index contributed by atoms with van der Waals surface area (Å²) in [5.41, 5.74) is 9.94. The standard InChI is InChI=1S/C19H28N2/c1-6-10-17(21-7-2)18(20)16-11-8-9-12-19(4,5)14-15(3)13-16/h6-11,13,18H,2,12,14,20H2,1,3-5H3/b9-8+,10-6-,15-13+,16-11+,21-17+. The minimum Gasteiger partial charge on any atom is -0.319 e. The summed E-state index contributed by atoms with van der Waals surface area (Å²) in [6, 6.07) is -0.236. The number of nitrogens with zero attached hydrogens (tertiary/aromatic N) is 1. The van der Waals surface area contributed by atoms with Crippen LogP contribution in [-0.2, 0) is 0 Å². The molecule has 1 aliphatic carbocycles. The summed E-state index contributed by atoms with van der Waals surface area (Å²) < 4.78 is 0. The summed E-state index contributed by atoms with van der Waals surface area (Å²) in [6.45, 7) is 12.4. The summed E-state index contributed by atoms with van der Waals surface area (Å²) >= 11 is 0. The third-order valence-electron chi connectivity index (χ3n) is 3.52. The fourth-order valence-corrected chi connectivity index (χ4v) is 2.64. The Morgan fingerprint density at radius 1 is 1.48 bits per heavy atom. The van der Waals surface area contributed by atoms with Gasteiger partial charge in [0.25, 0.3) is 0 Å². The first kappa shape index (κ1) is 17.4. The van der Waals surface area contributed by atoms with Crippen LogP contribution in [0.1, 0.15) is 40.5 Å². The van der Waals surface area contributed by atoms with E-state index in [4.69, 9.17) is 5.73 Å². The van der Waals surface area contributed by atoms with Crippen LogP contribution in [0.5, 0.6) is 0 Å². The van der Waals surface area contributed by atoms with Crippen molar-refractivity contribution in [1.29, 1.82) is 0 Å². The Morgan fingerprint density at radius 2 is 2.19 bits per heavy atom. The van der Waals surface area contributed by atoms with E-state index in [1.807, 2.05) is 19.1 Å². The van der Waals surface area contributed by atoms with Crippen molar-refractivity contribution in [2.45, 2.75) is 46.6 Å². The van der Waals surface area contributed by atoms with Gasteiger partial charge in [0.15, 0.2) is 0 Å². The molecule has 2 heteroatoms. The molecule has 1 rings (SSSR count). The molecule has 0 amide bonds. The zero-order valence-corrected chi connectivity index (χ0v) is 13.8. The van der Waals surface area contributed by atoms with Gasteiger partial charge in [0.2, 0.25) is 0 Å². The predicted molar refractivity (Wildman–Crippen MR) is 94.4 cm³/mol. The smallest absolute Gasteiger partial charge is 0.0726 e. The molecular weight excluding hydrogens is 256 g/mol. The molecular formula is C19H28N2. The van der Waals surface area contributed by atoms with E-state index in [-0.39, 0.29) is 11.5 Å². The summed E-state index contributed by atoms with van der Waals surface area (Å²) in [6.07, 6.45) is 16.2. The highest BCUT2D eigenvalue weighted by molar-refractivity contribution is 6.02. The molecule has 21 heavy (non-hydrogen) atoms. The SMILES string of the molecule is C=C/N=C(\C=C/C)C(N)C1=C/C=C/CC(C)(C)C\C(C)=C\1. The van der Waals surface area contributed by atoms with Gasteiger partial charge in [-0.25, -0.2) is 0 Å². The summed E-state index contributed by atoms with van der Waals surface area (Å²) in [5, 5.41) is 0. The first-order valence-corrected chi connectivity index (χ1v) is 7.50. The Bertz CT molecular complexity index is 514. The van der Waals surface area contributed by atoms with Gasteiger partial charge in [-0.1, -0.05) is 56.4 Å². The molecule has 0 bridgehead atoms. The van der Waals surface area contributed by atoms with Crippen LogP contribution in [0.4, 0.5) is 0 Å². The van der Waals surface area contributed by atoms with Crippen molar-refractivity contribution in [3.63, 3.8) is 0 Å². The topological polar surface area (TPSA) is 38.4 Å². The van der Waals surface area contributed by atoms with Crippen LogP contribution >= 0.6 is 0 Å². The number of allylic oxidation sites excluding steroid dienone is 5. The monoisotopic (exact) mass is 284 g/mol. The van der Waals surface area contributed by atoms with E-state index in [9.17, 15) is 0 Å². The second-order valence-electron chi connectivity index (χ2n) is 6.34. The molecule has 1 unspecified atom stereocenters. The van der Waals surface area contributed by atoms with Crippen molar-refractivity contribution in [2.75, 3.05) is 0 Å². The van der Waals surface area contributed by atoms with Gasteiger partial charge in [0.05, 0.1) is 11.8 Å². The third-order valence-corrected chi connectivity index (χ3v) is 3.52. The molecule has 2 N–H and O–H groups in total. The maximum atomic E-state index is 6.39. The number of hydrogen-bond acceptors (Lipinski definition) is 2. The lowest BCUT2D eigenvalue weighted by Crippen LogP contribution is -2.31. The van der Waals surface area contributed by atoms with Crippen molar-refractivity contribution < 1.29 is 0 Å². The van der Waals surface area contributed by atoms with E-state index in [0.717, 1.165) is 24.1 Å². The van der Waals surface area contributed by atoms with Crippen LogP contribution in [0.2, 0.25) is 0 Å². The van der Waals surface area contributed by atoms with E-state index in [2.05, 4.69) is 56.6 Å². The lowest BCUT2D eigenvalue weighted by molar-refractivity contribution is 0.368. The Balaban J connectivity index is 3.14. The molecule has 2 nitrogen and oxygen atoms in total. The van der Waals surface area contributed by atoms with Gasteiger partial charge in [0, 0.05) is 6.20 Å². The van der Waals surface area contributed by atoms with Crippen molar-refractivity contribution in [2.24, 2.45) is 16.1 Å². The average molecular weight is 284 g/mol. The minimum atomic E-state index is -0.236. The van der Waals surface area contributed by atoms with Crippen molar-refractivity contribution >= 4 is 5.71 Å². The van der Waals surface area contributed by atoms with Crippen LogP contribution in [0.3, 0.4) is 0 Å². The second-order valence-corrected chi connectivity index (χ2v) is 6.34. The maximum Gasteiger partial charge on any atom is 0.0726 e. The van der Waals surface area contributed by atoms with E-state index in [0.29, 0.717) is 0 Å². The van der Waals surface area contributed by atoms with Crippen LogP contribution in [0.15, 0.2) is 65.4 Å². The molecule has 114 valence electrons. The van der Waals surface area contributed by atoms with Gasteiger partial charge >= 0.3 is 0 Å². The molecule has 0 saturated heterocycles. The number of hydrogen-bond donors (Lipinski definition) is 1. The first-order chi connectivity index (χ1) is 9.89. The average Bonchev–Trinajstić information content (AvgIpc) is 2.46. The molecule has 1 aliphatic rings. The third kappa shape index (κ3) is 5.68. The number of rotatable bonds is 4. The van der Waals surface area contributed by atoms with E-state index in [1.54, 1.807) is 6.20 Å². The van der Waals surface area contributed by atoms with Gasteiger partial charge in [-0.3, -0.25) is 4.99 Å². The molecule has 0 radical (unpaired) electrons. The number of aliphatic imine (C=N–C) groups is 1. The zero-order valence-electron chi connectivity index (χ0n) is 13.8. The predicted octanol–water partition coefficient (Wildman–Crippen LogP) is 4.72. The molecule has 0 aliphatic heterocycles. The van der Waals surface area contributed by atoms with E-state index < -0.39 is 0 Å². The normalized spacial score (nSPS) is 27.6. The van der Waals surface area contributed by atoms with E-state index in [1.165, 1.54) is 5.57 Å². The van der Waals surface area contributed by atoms with Gasteiger partial charge in [-0.05, 0) is 43.8 Å². The van der Waals surface area contributed by atoms with Crippen LogP contribution in [0.25, 0.3) is 0 Å². The van der Waals surface area contributed by atoms with Gasteiger partial charge in [-0.15, -0.1) is 0 Å². The van der Waals surface area contributed by atoms with Crippen LogP contribution in [0, 0.1) is 5.41 Å². The van der Waals surface area contributed by atoms with Crippen LogP contribution in [-0.4, -0.2) is 11.8 Å². The highest BCUT2D eigenvalue weighted by atomic mass is 14.8. The molecule has 0 aromatic carbocycles. The lowest BCUT2D eigenvalue weighted by atomic mass is 9.82. The molecule has 1 atom stereocenters. The van der Waals surface area contributed by atoms with Gasteiger partial charge < -0.3 is 5.73 Å². The van der Waals surface area contributed by atoms with E-state index >= 15 is 0 Å².